The number of nitrogens with zero attached hydrogens (tertiary/aromatic N) is 1. The van der Waals surface area contributed by atoms with Gasteiger partial charge in [0.2, 0.25) is 0 Å². The van der Waals surface area contributed by atoms with E-state index in [4.69, 9.17) is 11.0 Å². The third-order valence-corrected chi connectivity index (χ3v) is 4.86. The molecule has 2 nitrogen and oxygen atoms in total. The van der Waals surface area contributed by atoms with Gasteiger partial charge in [0.1, 0.15) is 0 Å². The summed E-state index contributed by atoms with van der Waals surface area (Å²) in [4.78, 5) is 1.26. The molecule has 0 spiro atoms. The van der Waals surface area contributed by atoms with Crippen LogP contribution in [-0.4, -0.2) is 5.25 Å². The van der Waals surface area contributed by atoms with Gasteiger partial charge in [0.05, 0.1) is 12.5 Å². The zero-order chi connectivity index (χ0) is 13.0. The molecule has 2 atom stereocenters. The van der Waals surface area contributed by atoms with Crippen LogP contribution < -0.4 is 5.73 Å². The molecule has 1 fully saturated rings. The Hall–Kier alpha value is -1.14. The molecule has 0 radical (unpaired) electrons. The van der Waals surface area contributed by atoms with Crippen LogP contribution in [0, 0.1) is 17.2 Å². The first-order valence-electron chi connectivity index (χ1n) is 6.61. The lowest BCUT2D eigenvalue weighted by molar-refractivity contribution is 0.394. The minimum atomic E-state index is 0.404. The quantitative estimate of drug-likeness (QED) is 0.835. The maximum absolute atomic E-state index is 8.78. The van der Waals surface area contributed by atoms with Crippen LogP contribution in [0.1, 0.15) is 38.2 Å². The number of nitrogen functional groups attached to an aromatic ring is 1. The first-order valence-corrected chi connectivity index (χ1v) is 7.49. The lowest BCUT2D eigenvalue weighted by Gasteiger charge is -2.26. The summed E-state index contributed by atoms with van der Waals surface area (Å²) in [6.07, 6.45) is 5.74. The molecule has 0 saturated heterocycles. The molecule has 18 heavy (non-hydrogen) atoms. The SMILES string of the molecule is CC1CCCC(Sc2ccc(N)c(CC#N)c2)C1. The van der Waals surface area contributed by atoms with Crippen molar-refractivity contribution in [3.8, 4) is 6.07 Å². The third-order valence-electron chi connectivity index (χ3n) is 3.57. The molecule has 1 aliphatic carbocycles. The Kier molecular flexibility index (Phi) is 4.54. The van der Waals surface area contributed by atoms with Crippen LogP contribution in [0.25, 0.3) is 0 Å². The summed E-state index contributed by atoms with van der Waals surface area (Å²) in [5.74, 6) is 0.851. The van der Waals surface area contributed by atoms with E-state index >= 15 is 0 Å². The van der Waals surface area contributed by atoms with Crippen LogP contribution in [-0.2, 0) is 6.42 Å². The molecule has 0 aliphatic heterocycles. The van der Waals surface area contributed by atoms with Gasteiger partial charge in [-0.15, -0.1) is 11.8 Å². The van der Waals surface area contributed by atoms with E-state index in [9.17, 15) is 0 Å². The van der Waals surface area contributed by atoms with Gasteiger partial charge in [-0.3, -0.25) is 0 Å². The van der Waals surface area contributed by atoms with Gasteiger partial charge in [-0.05, 0) is 42.5 Å². The largest absolute Gasteiger partial charge is 0.398 e. The Morgan fingerprint density at radius 1 is 1.44 bits per heavy atom. The third kappa shape index (κ3) is 3.43. The maximum atomic E-state index is 8.78. The molecular formula is C15H20N2S. The van der Waals surface area contributed by atoms with Crippen molar-refractivity contribution < 1.29 is 0 Å². The molecule has 0 heterocycles. The predicted molar refractivity (Wildman–Crippen MR) is 77.4 cm³/mol. The number of rotatable bonds is 3. The Balaban J connectivity index is 2.05. The lowest BCUT2D eigenvalue weighted by atomic mass is 9.91. The highest BCUT2D eigenvalue weighted by Gasteiger charge is 2.19. The summed E-state index contributed by atoms with van der Waals surface area (Å²) in [6, 6.07) is 8.27. The molecule has 2 unspecified atom stereocenters. The molecular weight excluding hydrogens is 240 g/mol. The summed E-state index contributed by atoms with van der Waals surface area (Å²) < 4.78 is 0. The fourth-order valence-corrected chi connectivity index (χ4v) is 4.02. The number of benzene rings is 1. The van der Waals surface area contributed by atoms with Crippen molar-refractivity contribution in [3.05, 3.63) is 23.8 Å². The van der Waals surface area contributed by atoms with Crippen LogP contribution in [0.2, 0.25) is 0 Å². The number of nitriles is 1. The number of hydrogen-bond acceptors (Lipinski definition) is 3. The summed E-state index contributed by atoms with van der Waals surface area (Å²) >= 11 is 1.95. The van der Waals surface area contributed by atoms with E-state index in [1.54, 1.807) is 0 Å². The fourth-order valence-electron chi connectivity index (χ4n) is 2.57. The van der Waals surface area contributed by atoms with E-state index in [-0.39, 0.29) is 0 Å². The van der Waals surface area contributed by atoms with Crippen LogP contribution in [0.15, 0.2) is 23.1 Å². The molecule has 2 rings (SSSR count). The highest BCUT2D eigenvalue weighted by Crippen LogP contribution is 2.36. The Labute approximate surface area is 114 Å². The fraction of sp³-hybridized carbons (Fsp3) is 0.533. The highest BCUT2D eigenvalue weighted by atomic mass is 32.2. The second-order valence-electron chi connectivity index (χ2n) is 5.21. The molecule has 1 aliphatic rings. The van der Waals surface area contributed by atoms with Gasteiger partial charge < -0.3 is 5.73 Å². The van der Waals surface area contributed by atoms with E-state index in [1.807, 2.05) is 17.8 Å². The van der Waals surface area contributed by atoms with Crippen molar-refractivity contribution in [1.29, 1.82) is 5.26 Å². The van der Waals surface area contributed by atoms with E-state index in [0.717, 1.165) is 22.4 Å². The second kappa shape index (κ2) is 6.15. The van der Waals surface area contributed by atoms with Crippen molar-refractivity contribution >= 4 is 17.4 Å². The van der Waals surface area contributed by atoms with Crippen LogP contribution >= 0.6 is 11.8 Å². The monoisotopic (exact) mass is 260 g/mol. The summed E-state index contributed by atoms with van der Waals surface area (Å²) in [7, 11) is 0. The zero-order valence-corrected chi connectivity index (χ0v) is 11.7. The normalized spacial score (nSPS) is 23.6. The second-order valence-corrected chi connectivity index (χ2v) is 6.58. The Bertz CT molecular complexity index is 450. The molecule has 1 saturated carbocycles. The van der Waals surface area contributed by atoms with Crippen LogP contribution in [0.4, 0.5) is 5.69 Å². The topological polar surface area (TPSA) is 49.8 Å². The number of nitrogens with two attached hydrogens (primary N) is 1. The average molecular weight is 260 g/mol. The van der Waals surface area contributed by atoms with Gasteiger partial charge in [-0.2, -0.15) is 5.26 Å². The van der Waals surface area contributed by atoms with Gasteiger partial charge in [0.25, 0.3) is 0 Å². The number of thioether (sulfide) groups is 1. The summed E-state index contributed by atoms with van der Waals surface area (Å²) in [5, 5.41) is 9.51. The number of hydrogen-bond donors (Lipinski definition) is 1. The van der Waals surface area contributed by atoms with E-state index in [2.05, 4.69) is 25.1 Å². The van der Waals surface area contributed by atoms with E-state index in [1.165, 1.54) is 30.6 Å². The van der Waals surface area contributed by atoms with E-state index in [0.29, 0.717) is 6.42 Å². The van der Waals surface area contributed by atoms with Crippen LogP contribution in [0.3, 0.4) is 0 Å². The minimum Gasteiger partial charge on any atom is -0.398 e. The Morgan fingerprint density at radius 2 is 2.28 bits per heavy atom. The molecule has 0 aromatic heterocycles. The smallest absolute Gasteiger partial charge is 0.0670 e. The van der Waals surface area contributed by atoms with Crippen molar-refractivity contribution in [2.75, 3.05) is 5.73 Å². The lowest BCUT2D eigenvalue weighted by Crippen LogP contribution is -2.14. The average Bonchev–Trinajstić information content (AvgIpc) is 2.34. The Morgan fingerprint density at radius 3 is 3.00 bits per heavy atom. The predicted octanol–water partition coefficient (Wildman–Crippen LogP) is 4.01. The number of anilines is 1. The van der Waals surface area contributed by atoms with Gasteiger partial charge >= 0.3 is 0 Å². The maximum Gasteiger partial charge on any atom is 0.0670 e. The van der Waals surface area contributed by atoms with Crippen molar-refractivity contribution in [3.63, 3.8) is 0 Å². The molecule has 0 bridgehead atoms. The van der Waals surface area contributed by atoms with Gasteiger partial charge in [0.15, 0.2) is 0 Å². The first-order chi connectivity index (χ1) is 8.69. The van der Waals surface area contributed by atoms with Crippen molar-refractivity contribution in [2.45, 2.75) is 49.2 Å². The van der Waals surface area contributed by atoms with Gasteiger partial charge in [0, 0.05) is 15.8 Å². The standard InChI is InChI=1S/C15H20N2S/c1-11-3-2-4-13(9-11)18-14-5-6-15(17)12(10-14)7-8-16/h5-6,10-11,13H,2-4,7,9,17H2,1H3. The zero-order valence-electron chi connectivity index (χ0n) is 10.9. The summed E-state index contributed by atoms with van der Waals surface area (Å²) in [5.41, 5.74) is 7.57. The molecule has 2 N–H and O–H groups in total. The van der Waals surface area contributed by atoms with E-state index < -0.39 is 0 Å². The highest BCUT2D eigenvalue weighted by molar-refractivity contribution is 8.00. The molecule has 1 aromatic rings. The minimum absolute atomic E-state index is 0.404. The van der Waals surface area contributed by atoms with Gasteiger partial charge in [-0.1, -0.05) is 19.8 Å². The van der Waals surface area contributed by atoms with Gasteiger partial charge in [-0.25, -0.2) is 0 Å². The molecule has 96 valence electrons. The first kappa shape index (κ1) is 13.3. The van der Waals surface area contributed by atoms with Crippen molar-refractivity contribution in [1.82, 2.24) is 0 Å². The van der Waals surface area contributed by atoms with Crippen LogP contribution in [0.5, 0.6) is 0 Å². The van der Waals surface area contributed by atoms with Crippen molar-refractivity contribution in [2.24, 2.45) is 5.92 Å². The molecule has 1 aromatic carbocycles. The summed E-state index contributed by atoms with van der Waals surface area (Å²) in [6.45, 7) is 2.34. The molecule has 0 amide bonds. The molecule has 3 heteroatoms.